The van der Waals surface area contributed by atoms with E-state index >= 15 is 0 Å². The fourth-order valence-corrected chi connectivity index (χ4v) is 5.20. The smallest absolute Gasteiger partial charge is 0.247 e. The number of piperidine rings is 1. The maximum Gasteiger partial charge on any atom is 0.247 e. The quantitative estimate of drug-likeness (QED) is 0.856. The van der Waals surface area contributed by atoms with Crippen LogP contribution >= 0.6 is 0 Å². The molecule has 0 aromatic heterocycles. The van der Waals surface area contributed by atoms with Crippen molar-refractivity contribution >= 4 is 10.0 Å². The lowest BCUT2D eigenvalue weighted by Gasteiger charge is -2.43. The van der Waals surface area contributed by atoms with Crippen LogP contribution in [-0.2, 0) is 10.0 Å². The van der Waals surface area contributed by atoms with Gasteiger partial charge in [0.2, 0.25) is 10.0 Å². The molecule has 22 heavy (non-hydrogen) atoms. The molecule has 0 amide bonds. The predicted octanol–water partition coefficient (Wildman–Crippen LogP) is 1.85. The van der Waals surface area contributed by atoms with Gasteiger partial charge in [0.05, 0.1) is 6.61 Å². The van der Waals surface area contributed by atoms with Crippen molar-refractivity contribution in [3.05, 3.63) is 24.3 Å². The molecule has 0 radical (unpaired) electrons. The van der Waals surface area contributed by atoms with Crippen LogP contribution in [0.25, 0.3) is 0 Å². The first-order valence-electron chi connectivity index (χ1n) is 7.89. The summed E-state index contributed by atoms with van der Waals surface area (Å²) in [6, 6.07) is 6.90. The van der Waals surface area contributed by atoms with Gasteiger partial charge in [-0.2, -0.15) is 4.31 Å². The van der Waals surface area contributed by atoms with E-state index in [1.54, 1.807) is 22.5 Å². The number of nitrogens with one attached hydrogen (secondary N) is 1. The summed E-state index contributed by atoms with van der Waals surface area (Å²) in [4.78, 5) is 0.285. The third-order valence-electron chi connectivity index (χ3n) is 4.70. The van der Waals surface area contributed by atoms with E-state index in [1.165, 1.54) is 0 Å². The van der Waals surface area contributed by atoms with E-state index in [4.69, 9.17) is 4.74 Å². The lowest BCUT2D eigenvalue weighted by atomic mass is 9.79. The number of fused-ring (bicyclic) bond motifs is 1. The summed E-state index contributed by atoms with van der Waals surface area (Å²) < 4.78 is 33.8. The highest BCUT2D eigenvalue weighted by molar-refractivity contribution is 7.89. The molecule has 3 rings (SSSR count). The van der Waals surface area contributed by atoms with E-state index in [-0.39, 0.29) is 16.4 Å². The molecule has 2 heterocycles. The predicted molar refractivity (Wildman–Crippen MR) is 85.5 cm³/mol. The Morgan fingerprint density at radius 1 is 1.23 bits per heavy atom. The van der Waals surface area contributed by atoms with Gasteiger partial charge in [-0.25, -0.2) is 8.42 Å². The monoisotopic (exact) mass is 324 g/mol. The Hall–Kier alpha value is -1.11. The average Bonchev–Trinajstić information content (AvgIpc) is 2.51. The summed E-state index contributed by atoms with van der Waals surface area (Å²) in [5.74, 6) is 0.478. The number of nitrogens with zero attached hydrogens (tertiary/aromatic N) is 1. The Bertz CT molecular complexity index is 637. The standard InChI is InChI=1S/C16H24N2O3S/c1-13(2)18-11-16(7-9-17-10-8-16)12-21-14-5-3-4-6-15(14)22(18,19)20/h3-6,13,17H,7-12H2,1-2H3. The SMILES string of the molecule is CC(C)N1CC2(CCNCC2)COc2ccccc2S1(=O)=O. The van der Waals surface area contributed by atoms with Gasteiger partial charge in [0.1, 0.15) is 10.6 Å². The molecule has 122 valence electrons. The van der Waals surface area contributed by atoms with E-state index in [1.807, 2.05) is 19.9 Å². The molecule has 0 unspecified atom stereocenters. The second-order valence-electron chi connectivity index (χ2n) is 6.63. The summed E-state index contributed by atoms with van der Waals surface area (Å²) >= 11 is 0. The molecular weight excluding hydrogens is 300 g/mol. The molecule has 1 N–H and O–H groups in total. The minimum Gasteiger partial charge on any atom is -0.492 e. The highest BCUT2D eigenvalue weighted by Crippen LogP contribution is 2.38. The third-order valence-corrected chi connectivity index (χ3v) is 6.76. The van der Waals surface area contributed by atoms with Crippen molar-refractivity contribution < 1.29 is 13.2 Å². The van der Waals surface area contributed by atoms with Gasteiger partial charge in [0, 0.05) is 18.0 Å². The molecule has 1 fully saturated rings. The van der Waals surface area contributed by atoms with E-state index in [0.29, 0.717) is 18.9 Å². The number of hydrogen-bond donors (Lipinski definition) is 1. The van der Waals surface area contributed by atoms with Gasteiger partial charge in [0.25, 0.3) is 0 Å². The molecular formula is C16H24N2O3S. The molecule has 2 aliphatic heterocycles. The van der Waals surface area contributed by atoms with Gasteiger partial charge in [-0.1, -0.05) is 12.1 Å². The first-order chi connectivity index (χ1) is 10.4. The fraction of sp³-hybridized carbons (Fsp3) is 0.625. The van der Waals surface area contributed by atoms with E-state index in [9.17, 15) is 8.42 Å². The highest BCUT2D eigenvalue weighted by atomic mass is 32.2. The molecule has 1 aromatic rings. The summed E-state index contributed by atoms with van der Waals surface area (Å²) in [7, 11) is -3.53. The first-order valence-corrected chi connectivity index (χ1v) is 9.33. The third kappa shape index (κ3) is 2.75. The summed E-state index contributed by atoms with van der Waals surface area (Å²) in [6.45, 7) is 6.82. The normalized spacial score (nSPS) is 24.3. The zero-order chi connectivity index (χ0) is 15.8. The van der Waals surface area contributed by atoms with Crippen molar-refractivity contribution in [1.29, 1.82) is 0 Å². The van der Waals surface area contributed by atoms with E-state index in [2.05, 4.69) is 5.32 Å². The Balaban J connectivity index is 2.08. The fourth-order valence-electron chi connectivity index (χ4n) is 3.32. The number of hydrogen-bond acceptors (Lipinski definition) is 4. The van der Waals surface area contributed by atoms with Crippen LogP contribution in [0.4, 0.5) is 0 Å². The Labute approximate surface area is 132 Å². The molecule has 1 aromatic carbocycles. The van der Waals surface area contributed by atoms with Crippen LogP contribution in [0, 0.1) is 5.41 Å². The van der Waals surface area contributed by atoms with Crippen LogP contribution in [0.2, 0.25) is 0 Å². The van der Waals surface area contributed by atoms with E-state index < -0.39 is 10.0 Å². The number of sulfonamides is 1. The zero-order valence-corrected chi connectivity index (χ0v) is 14.0. The number of benzene rings is 1. The van der Waals surface area contributed by atoms with E-state index in [0.717, 1.165) is 25.9 Å². The van der Waals surface area contributed by atoms with Gasteiger partial charge < -0.3 is 10.1 Å². The molecule has 0 bridgehead atoms. The van der Waals surface area contributed by atoms with Gasteiger partial charge in [-0.05, 0) is 51.9 Å². The number of para-hydroxylation sites is 1. The van der Waals surface area contributed by atoms with Crippen LogP contribution in [0.5, 0.6) is 5.75 Å². The molecule has 1 spiro atoms. The van der Waals surface area contributed by atoms with Crippen molar-refractivity contribution in [3.63, 3.8) is 0 Å². The van der Waals surface area contributed by atoms with Crippen LogP contribution in [0.1, 0.15) is 26.7 Å². The molecule has 0 atom stereocenters. The van der Waals surface area contributed by atoms with Crippen molar-refractivity contribution in [3.8, 4) is 5.75 Å². The minimum atomic E-state index is -3.53. The Kier molecular flexibility index (Phi) is 4.18. The second-order valence-corrected chi connectivity index (χ2v) is 8.49. The van der Waals surface area contributed by atoms with Gasteiger partial charge in [-0.15, -0.1) is 0 Å². The lowest BCUT2D eigenvalue weighted by molar-refractivity contribution is 0.0692. The van der Waals surface area contributed by atoms with Crippen molar-refractivity contribution in [1.82, 2.24) is 9.62 Å². The molecule has 0 saturated carbocycles. The lowest BCUT2D eigenvalue weighted by Crippen LogP contribution is -2.52. The molecule has 0 aliphatic carbocycles. The zero-order valence-electron chi connectivity index (χ0n) is 13.2. The van der Waals surface area contributed by atoms with Gasteiger partial charge in [-0.3, -0.25) is 0 Å². The van der Waals surface area contributed by atoms with Gasteiger partial charge in [0.15, 0.2) is 0 Å². The van der Waals surface area contributed by atoms with Crippen molar-refractivity contribution in [2.75, 3.05) is 26.2 Å². The largest absolute Gasteiger partial charge is 0.492 e. The van der Waals surface area contributed by atoms with Crippen molar-refractivity contribution in [2.24, 2.45) is 5.41 Å². The Morgan fingerprint density at radius 3 is 2.59 bits per heavy atom. The maximum absolute atomic E-state index is 13.1. The molecule has 6 heteroatoms. The summed E-state index contributed by atoms with van der Waals surface area (Å²) in [5, 5.41) is 3.35. The molecule has 2 aliphatic rings. The van der Waals surface area contributed by atoms with Crippen LogP contribution in [-0.4, -0.2) is 45.0 Å². The first kappa shape index (κ1) is 15.8. The number of ether oxygens (including phenoxy) is 1. The second kappa shape index (κ2) is 5.83. The maximum atomic E-state index is 13.1. The topological polar surface area (TPSA) is 58.6 Å². The van der Waals surface area contributed by atoms with Crippen LogP contribution in [0.3, 0.4) is 0 Å². The highest BCUT2D eigenvalue weighted by Gasteiger charge is 2.42. The number of rotatable bonds is 1. The average molecular weight is 324 g/mol. The molecule has 1 saturated heterocycles. The van der Waals surface area contributed by atoms with Crippen molar-refractivity contribution in [2.45, 2.75) is 37.6 Å². The van der Waals surface area contributed by atoms with Gasteiger partial charge >= 0.3 is 0 Å². The Morgan fingerprint density at radius 2 is 1.91 bits per heavy atom. The summed E-state index contributed by atoms with van der Waals surface area (Å²) in [6.07, 6.45) is 1.88. The summed E-state index contributed by atoms with van der Waals surface area (Å²) in [5.41, 5.74) is -0.101. The molecule has 5 nitrogen and oxygen atoms in total. The van der Waals surface area contributed by atoms with Crippen LogP contribution < -0.4 is 10.1 Å². The van der Waals surface area contributed by atoms with Crippen LogP contribution in [0.15, 0.2) is 29.2 Å². The minimum absolute atomic E-state index is 0.0667.